The first-order chi connectivity index (χ1) is 22.2. The van der Waals surface area contributed by atoms with Crippen LogP contribution in [0.25, 0.3) is 6.08 Å². The zero-order valence-electron chi connectivity index (χ0n) is 28.4. The lowest BCUT2D eigenvalue weighted by molar-refractivity contribution is -0.157. The Morgan fingerprint density at radius 2 is 1.62 bits per heavy atom. The Balaban J connectivity index is 1.48. The standard InChI is InChI=1S/C36H47N5O6/c1-35(2,3)46-32(42)30(40-33(43)45-25-26-14-9-8-10-15-26)22-27-19-20-28(38-23-27)16-11-12-21-37-24-29-17-13-18-31(39-29)41(7)34(44)47-36(4,5)6/h8-11,13-20,23,30,37H,12,21-22,24-25H2,1-7H3,(H,40,43)/b16-11+. The largest absolute Gasteiger partial charge is 0.458 e. The highest BCUT2D eigenvalue weighted by atomic mass is 16.6. The summed E-state index contributed by atoms with van der Waals surface area (Å²) >= 11 is 0. The number of ether oxygens (including phenoxy) is 3. The van der Waals surface area contributed by atoms with Crippen LogP contribution in [-0.4, -0.2) is 59.0 Å². The summed E-state index contributed by atoms with van der Waals surface area (Å²) in [6.45, 7) is 12.1. The molecule has 2 heterocycles. The summed E-state index contributed by atoms with van der Waals surface area (Å²) in [5.74, 6) is -0.0354. The highest BCUT2D eigenvalue weighted by Gasteiger charge is 2.28. The molecule has 3 aromatic rings. The molecule has 0 saturated carbocycles. The Hall–Kier alpha value is -4.77. The summed E-state index contributed by atoms with van der Waals surface area (Å²) < 4.78 is 16.3. The molecule has 47 heavy (non-hydrogen) atoms. The molecule has 0 spiro atoms. The van der Waals surface area contributed by atoms with Gasteiger partial charge in [-0.1, -0.05) is 48.5 Å². The lowest BCUT2D eigenvalue weighted by atomic mass is 10.1. The average Bonchev–Trinajstić information content (AvgIpc) is 3.00. The highest BCUT2D eigenvalue weighted by molar-refractivity contribution is 5.86. The molecule has 1 atom stereocenters. The number of nitrogens with zero attached hydrogens (tertiary/aromatic N) is 3. The minimum absolute atomic E-state index is 0.0866. The minimum Gasteiger partial charge on any atom is -0.458 e. The van der Waals surface area contributed by atoms with Gasteiger partial charge in [-0.2, -0.15) is 0 Å². The van der Waals surface area contributed by atoms with Crippen molar-refractivity contribution < 1.29 is 28.6 Å². The van der Waals surface area contributed by atoms with E-state index in [1.807, 2.05) is 87.5 Å². The van der Waals surface area contributed by atoms with Crippen molar-refractivity contribution in [3.8, 4) is 0 Å². The van der Waals surface area contributed by atoms with Crippen LogP contribution in [0.1, 0.15) is 70.5 Å². The number of rotatable bonds is 13. The van der Waals surface area contributed by atoms with Gasteiger partial charge in [0.2, 0.25) is 0 Å². The summed E-state index contributed by atoms with van der Waals surface area (Å²) in [4.78, 5) is 48.3. The van der Waals surface area contributed by atoms with Gasteiger partial charge >= 0.3 is 18.2 Å². The van der Waals surface area contributed by atoms with Gasteiger partial charge in [0.05, 0.1) is 11.4 Å². The smallest absolute Gasteiger partial charge is 0.415 e. The van der Waals surface area contributed by atoms with Gasteiger partial charge in [-0.25, -0.2) is 19.4 Å². The lowest BCUT2D eigenvalue weighted by Crippen LogP contribution is -2.45. The van der Waals surface area contributed by atoms with E-state index >= 15 is 0 Å². The topological polar surface area (TPSA) is 132 Å². The van der Waals surface area contributed by atoms with E-state index in [2.05, 4.69) is 20.6 Å². The second-order valence-corrected chi connectivity index (χ2v) is 13.0. The molecule has 2 aromatic heterocycles. The molecular weight excluding hydrogens is 598 g/mol. The van der Waals surface area contributed by atoms with Crippen LogP contribution in [0, 0.1) is 0 Å². The summed E-state index contributed by atoms with van der Waals surface area (Å²) in [6.07, 6.45) is 5.41. The SMILES string of the molecule is CN(C(=O)OC(C)(C)C)c1cccc(CNCC/C=C/c2ccc(CC(NC(=O)OCc3ccccc3)C(=O)OC(C)(C)C)cn2)n1. The van der Waals surface area contributed by atoms with Gasteiger partial charge in [0.1, 0.15) is 29.7 Å². The second-order valence-electron chi connectivity index (χ2n) is 13.0. The number of amides is 2. The van der Waals surface area contributed by atoms with E-state index in [4.69, 9.17) is 14.2 Å². The van der Waals surface area contributed by atoms with E-state index in [0.717, 1.165) is 28.9 Å². The molecule has 2 amide bonds. The molecule has 11 heteroatoms. The molecular formula is C36H47N5O6. The molecule has 11 nitrogen and oxygen atoms in total. The Kier molecular flexibility index (Phi) is 13.5. The van der Waals surface area contributed by atoms with Crippen LogP contribution in [0.3, 0.4) is 0 Å². The monoisotopic (exact) mass is 645 g/mol. The zero-order chi connectivity index (χ0) is 34.5. The number of carbonyl (C=O) groups excluding carboxylic acids is 3. The number of hydrogen-bond donors (Lipinski definition) is 2. The lowest BCUT2D eigenvalue weighted by Gasteiger charge is -2.24. The fourth-order valence-electron chi connectivity index (χ4n) is 4.15. The van der Waals surface area contributed by atoms with Crippen molar-refractivity contribution in [3.63, 3.8) is 0 Å². The fraction of sp³-hybridized carbons (Fsp3) is 0.417. The maximum Gasteiger partial charge on any atom is 0.415 e. The van der Waals surface area contributed by atoms with Gasteiger partial charge < -0.3 is 24.8 Å². The summed E-state index contributed by atoms with van der Waals surface area (Å²) in [6, 6.07) is 17.6. The van der Waals surface area contributed by atoms with Crippen LogP contribution in [0.4, 0.5) is 15.4 Å². The molecule has 252 valence electrons. The van der Waals surface area contributed by atoms with Crippen molar-refractivity contribution in [2.75, 3.05) is 18.5 Å². The van der Waals surface area contributed by atoms with Crippen LogP contribution in [0.2, 0.25) is 0 Å². The van der Waals surface area contributed by atoms with E-state index in [0.29, 0.717) is 18.9 Å². The molecule has 1 aromatic carbocycles. The Morgan fingerprint density at radius 3 is 2.28 bits per heavy atom. The van der Waals surface area contributed by atoms with E-state index in [9.17, 15) is 14.4 Å². The normalized spacial score (nSPS) is 12.3. The third-order valence-corrected chi connectivity index (χ3v) is 6.37. The number of carbonyl (C=O) groups is 3. The van der Waals surface area contributed by atoms with Gasteiger partial charge in [0, 0.05) is 26.2 Å². The Morgan fingerprint density at radius 1 is 0.894 bits per heavy atom. The third-order valence-electron chi connectivity index (χ3n) is 6.37. The number of esters is 1. The molecule has 0 radical (unpaired) electrons. The Bertz CT molecular complexity index is 1480. The Labute approximate surface area is 277 Å². The molecule has 1 unspecified atom stereocenters. The molecule has 0 aliphatic rings. The predicted molar refractivity (Wildman–Crippen MR) is 182 cm³/mol. The number of alkyl carbamates (subject to hydrolysis) is 1. The summed E-state index contributed by atoms with van der Waals surface area (Å²) in [5.41, 5.74) is 1.87. The van der Waals surface area contributed by atoms with Crippen LogP contribution >= 0.6 is 0 Å². The first-order valence-corrected chi connectivity index (χ1v) is 15.6. The first-order valence-electron chi connectivity index (χ1n) is 15.6. The van der Waals surface area contributed by atoms with Crippen LogP contribution in [0.15, 0.2) is 72.9 Å². The summed E-state index contributed by atoms with van der Waals surface area (Å²) in [7, 11) is 1.64. The molecule has 3 rings (SSSR count). The summed E-state index contributed by atoms with van der Waals surface area (Å²) in [5, 5.41) is 6.00. The van der Waals surface area contributed by atoms with E-state index in [-0.39, 0.29) is 13.0 Å². The van der Waals surface area contributed by atoms with Crippen LogP contribution in [0.5, 0.6) is 0 Å². The van der Waals surface area contributed by atoms with Crippen molar-refractivity contribution in [1.29, 1.82) is 0 Å². The molecule has 0 aliphatic carbocycles. The van der Waals surface area contributed by atoms with E-state index in [1.54, 1.807) is 40.1 Å². The molecule has 0 aliphatic heterocycles. The maximum absolute atomic E-state index is 12.9. The third kappa shape index (κ3) is 14.0. The van der Waals surface area contributed by atoms with Crippen LogP contribution < -0.4 is 15.5 Å². The van der Waals surface area contributed by atoms with Gasteiger partial charge in [-0.05, 0) is 89.9 Å². The molecule has 0 saturated heterocycles. The number of benzene rings is 1. The minimum atomic E-state index is -0.945. The molecule has 0 fully saturated rings. The highest BCUT2D eigenvalue weighted by Crippen LogP contribution is 2.16. The van der Waals surface area contributed by atoms with Crippen molar-refractivity contribution in [3.05, 3.63) is 95.5 Å². The van der Waals surface area contributed by atoms with Crippen LogP contribution in [-0.2, 0) is 38.6 Å². The first kappa shape index (κ1) is 36.7. The van der Waals surface area contributed by atoms with Gasteiger partial charge in [-0.3, -0.25) is 9.88 Å². The number of nitrogens with one attached hydrogen (secondary N) is 2. The molecule has 0 bridgehead atoms. The van der Waals surface area contributed by atoms with Gasteiger partial charge in [0.15, 0.2) is 0 Å². The predicted octanol–water partition coefficient (Wildman–Crippen LogP) is 6.22. The van der Waals surface area contributed by atoms with Crippen molar-refractivity contribution in [2.45, 2.75) is 84.8 Å². The van der Waals surface area contributed by atoms with Crippen molar-refractivity contribution in [1.82, 2.24) is 20.6 Å². The fourth-order valence-corrected chi connectivity index (χ4v) is 4.15. The second kappa shape index (κ2) is 17.2. The number of hydrogen-bond acceptors (Lipinski definition) is 9. The molecule has 2 N–H and O–H groups in total. The van der Waals surface area contributed by atoms with Crippen molar-refractivity contribution in [2.24, 2.45) is 0 Å². The zero-order valence-corrected chi connectivity index (χ0v) is 28.4. The van der Waals surface area contributed by atoms with Gasteiger partial charge in [-0.15, -0.1) is 0 Å². The van der Waals surface area contributed by atoms with Gasteiger partial charge in [0.25, 0.3) is 0 Å². The number of anilines is 1. The number of pyridine rings is 2. The van der Waals surface area contributed by atoms with E-state index < -0.39 is 35.4 Å². The quantitative estimate of drug-likeness (QED) is 0.126. The van der Waals surface area contributed by atoms with Crippen molar-refractivity contribution >= 4 is 30.0 Å². The maximum atomic E-state index is 12.9. The average molecular weight is 646 g/mol. The number of aromatic nitrogens is 2. The van der Waals surface area contributed by atoms with E-state index in [1.165, 1.54) is 4.90 Å².